The van der Waals surface area contributed by atoms with Crippen molar-refractivity contribution in [1.29, 1.82) is 0 Å². The summed E-state index contributed by atoms with van der Waals surface area (Å²) < 4.78 is 2.22. The fraction of sp³-hybridized carbons (Fsp3) is 0.276. The van der Waals surface area contributed by atoms with Crippen LogP contribution in [0, 0.1) is 0 Å². The van der Waals surface area contributed by atoms with Crippen LogP contribution in [0.1, 0.15) is 61.3 Å². The summed E-state index contributed by atoms with van der Waals surface area (Å²) in [6, 6.07) is 21.0. The van der Waals surface area contributed by atoms with Crippen LogP contribution in [-0.2, 0) is 17.8 Å². The van der Waals surface area contributed by atoms with Gasteiger partial charge in [0.25, 0.3) is 0 Å². The van der Waals surface area contributed by atoms with Crippen molar-refractivity contribution in [3.8, 4) is 11.1 Å². The number of amides is 1. The van der Waals surface area contributed by atoms with Crippen molar-refractivity contribution in [2.24, 2.45) is 0 Å². The third-order valence-corrected chi connectivity index (χ3v) is 6.13. The lowest BCUT2D eigenvalue weighted by molar-refractivity contribution is -0.116. The summed E-state index contributed by atoms with van der Waals surface area (Å²) in [6.07, 6.45) is 4.24. The first-order chi connectivity index (χ1) is 17.0. The molecule has 0 unspecified atom stereocenters. The minimum Gasteiger partial charge on any atom is -0.478 e. The zero-order valence-electron chi connectivity index (χ0n) is 20.3. The maximum atomic E-state index is 12.2. The molecule has 4 aromatic rings. The topological polar surface area (TPSA) is 84.2 Å². The average Bonchev–Trinajstić information content (AvgIpc) is 3.21. The van der Waals surface area contributed by atoms with Gasteiger partial charge in [0.05, 0.1) is 16.8 Å². The summed E-state index contributed by atoms with van der Waals surface area (Å²) >= 11 is 0. The van der Waals surface area contributed by atoms with Crippen molar-refractivity contribution in [2.45, 2.75) is 52.5 Å². The van der Waals surface area contributed by atoms with Gasteiger partial charge in [0.1, 0.15) is 11.3 Å². The summed E-state index contributed by atoms with van der Waals surface area (Å²) in [7, 11) is 0. The summed E-state index contributed by atoms with van der Waals surface area (Å²) in [6.45, 7) is 4.79. The number of hydrogen-bond donors (Lipinski definition) is 2. The molecule has 180 valence electrons. The van der Waals surface area contributed by atoms with Crippen LogP contribution in [0.2, 0.25) is 0 Å². The van der Waals surface area contributed by atoms with Gasteiger partial charge >= 0.3 is 5.97 Å². The largest absolute Gasteiger partial charge is 0.478 e. The van der Waals surface area contributed by atoms with E-state index in [-0.39, 0.29) is 5.91 Å². The third kappa shape index (κ3) is 5.43. The molecule has 0 aliphatic rings. The molecule has 6 nitrogen and oxygen atoms in total. The van der Waals surface area contributed by atoms with E-state index in [9.17, 15) is 14.7 Å². The molecule has 0 saturated heterocycles. The summed E-state index contributed by atoms with van der Waals surface area (Å²) in [5, 5.41) is 12.5. The minimum absolute atomic E-state index is 0.00175. The van der Waals surface area contributed by atoms with E-state index < -0.39 is 5.97 Å². The molecule has 1 heterocycles. The average molecular weight is 470 g/mol. The number of carbonyl (C=O) groups is 2. The maximum Gasteiger partial charge on any atom is 0.336 e. The molecular formula is C29H31N3O3. The second-order valence-electron chi connectivity index (χ2n) is 8.74. The second kappa shape index (κ2) is 11.0. The summed E-state index contributed by atoms with van der Waals surface area (Å²) in [5.74, 6) is 0.0678. The lowest BCUT2D eigenvalue weighted by atomic mass is 9.99. The number of unbranched alkanes of at least 4 members (excludes halogenated alkanes) is 1. The number of aryl methyl sites for hydroxylation is 1. The predicted molar refractivity (Wildman–Crippen MR) is 140 cm³/mol. The number of para-hydroxylation sites is 1. The number of benzene rings is 3. The molecule has 0 saturated carbocycles. The van der Waals surface area contributed by atoms with Gasteiger partial charge in [0.15, 0.2) is 0 Å². The van der Waals surface area contributed by atoms with Gasteiger partial charge in [-0.15, -0.1) is 0 Å². The van der Waals surface area contributed by atoms with Crippen LogP contribution in [0.4, 0.5) is 5.69 Å². The summed E-state index contributed by atoms with van der Waals surface area (Å²) in [5.41, 5.74) is 5.52. The fourth-order valence-corrected chi connectivity index (χ4v) is 4.33. The number of aromatic carboxylic acids is 1. The van der Waals surface area contributed by atoms with Crippen molar-refractivity contribution >= 4 is 28.6 Å². The highest BCUT2D eigenvalue weighted by molar-refractivity contribution is 5.99. The van der Waals surface area contributed by atoms with Gasteiger partial charge in [-0.25, -0.2) is 9.78 Å². The van der Waals surface area contributed by atoms with Crippen molar-refractivity contribution < 1.29 is 14.7 Å². The van der Waals surface area contributed by atoms with Crippen LogP contribution < -0.4 is 5.32 Å². The monoisotopic (exact) mass is 469 g/mol. The molecule has 1 aromatic heterocycles. The van der Waals surface area contributed by atoms with Gasteiger partial charge in [-0.3, -0.25) is 4.79 Å². The van der Waals surface area contributed by atoms with Crippen LogP contribution in [-0.4, -0.2) is 26.5 Å². The lowest BCUT2D eigenvalue weighted by Crippen LogP contribution is -2.10. The molecule has 35 heavy (non-hydrogen) atoms. The fourth-order valence-electron chi connectivity index (χ4n) is 4.33. The first-order valence-electron chi connectivity index (χ1n) is 12.2. The number of aromatic nitrogens is 2. The van der Waals surface area contributed by atoms with E-state index in [0.29, 0.717) is 24.1 Å². The number of carboxylic acids is 1. The molecule has 0 bridgehead atoms. The number of hydrogen-bond acceptors (Lipinski definition) is 3. The summed E-state index contributed by atoms with van der Waals surface area (Å²) in [4.78, 5) is 28.8. The van der Waals surface area contributed by atoms with Crippen molar-refractivity contribution in [3.05, 3.63) is 83.7 Å². The van der Waals surface area contributed by atoms with Gasteiger partial charge in [-0.2, -0.15) is 0 Å². The van der Waals surface area contributed by atoms with Gasteiger partial charge in [0.2, 0.25) is 5.91 Å². The van der Waals surface area contributed by atoms with E-state index in [4.69, 9.17) is 4.98 Å². The first-order valence-corrected chi connectivity index (χ1v) is 12.2. The van der Waals surface area contributed by atoms with Crippen LogP contribution >= 0.6 is 0 Å². The molecule has 0 spiro atoms. The van der Waals surface area contributed by atoms with E-state index in [1.807, 2.05) is 61.5 Å². The number of rotatable bonds is 10. The van der Waals surface area contributed by atoms with E-state index in [2.05, 4.69) is 16.8 Å². The van der Waals surface area contributed by atoms with E-state index in [1.165, 1.54) is 0 Å². The molecule has 4 rings (SSSR count). The van der Waals surface area contributed by atoms with Crippen molar-refractivity contribution in [3.63, 3.8) is 0 Å². The second-order valence-corrected chi connectivity index (χ2v) is 8.74. The van der Waals surface area contributed by atoms with Gasteiger partial charge in [0, 0.05) is 19.4 Å². The number of carboxylic acid groups (broad SMARTS) is 1. The van der Waals surface area contributed by atoms with Crippen molar-refractivity contribution in [2.75, 3.05) is 5.32 Å². The number of anilines is 1. The molecule has 6 heteroatoms. The Bertz CT molecular complexity index is 1340. The maximum absolute atomic E-state index is 12.2. The van der Waals surface area contributed by atoms with Crippen LogP contribution in [0.3, 0.4) is 0 Å². The number of nitrogens with zero attached hydrogens (tertiary/aromatic N) is 2. The SMILES string of the molecule is CCCCc1nc2c(NC(=O)CCC)cccc2n1Cc1ccc(-c2ccccc2C(=O)O)cc1. The number of fused-ring (bicyclic) bond motifs is 1. The van der Waals surface area contributed by atoms with Crippen LogP contribution in [0.25, 0.3) is 22.2 Å². The normalized spacial score (nSPS) is 11.0. The number of imidazole rings is 1. The Kier molecular flexibility index (Phi) is 7.60. The molecule has 0 atom stereocenters. The lowest BCUT2D eigenvalue weighted by Gasteiger charge is -2.11. The highest BCUT2D eigenvalue weighted by atomic mass is 16.4. The molecule has 1 amide bonds. The number of carbonyl (C=O) groups excluding carboxylic acids is 1. The zero-order chi connectivity index (χ0) is 24.8. The van der Waals surface area contributed by atoms with Gasteiger partial charge in [-0.05, 0) is 47.7 Å². The number of nitrogens with one attached hydrogen (secondary N) is 1. The predicted octanol–water partition coefficient (Wildman–Crippen LogP) is 6.53. The van der Waals surface area contributed by atoms with Crippen molar-refractivity contribution in [1.82, 2.24) is 9.55 Å². The molecule has 2 N–H and O–H groups in total. The van der Waals surface area contributed by atoms with Crippen LogP contribution in [0.15, 0.2) is 66.7 Å². The molecule has 0 aliphatic carbocycles. The van der Waals surface area contributed by atoms with Crippen LogP contribution in [0.5, 0.6) is 0 Å². The third-order valence-electron chi connectivity index (χ3n) is 6.13. The molecule has 0 aliphatic heterocycles. The smallest absolute Gasteiger partial charge is 0.336 e. The molecule has 3 aromatic carbocycles. The Morgan fingerprint density at radius 2 is 1.71 bits per heavy atom. The molecular weight excluding hydrogens is 438 g/mol. The van der Waals surface area contributed by atoms with E-state index >= 15 is 0 Å². The highest BCUT2D eigenvalue weighted by Crippen LogP contribution is 2.28. The molecule has 0 fully saturated rings. The Morgan fingerprint density at radius 3 is 2.43 bits per heavy atom. The quantitative estimate of drug-likeness (QED) is 0.276. The minimum atomic E-state index is -0.933. The highest BCUT2D eigenvalue weighted by Gasteiger charge is 2.16. The Labute approximate surface area is 205 Å². The Hall–Kier alpha value is -3.93. The van der Waals surface area contributed by atoms with E-state index in [0.717, 1.165) is 59.4 Å². The standard InChI is InChI=1S/C29H31N3O3/c1-3-5-14-26-31-28-24(30-27(33)9-4-2)12-8-13-25(28)32(26)19-20-15-17-21(18-16-20)22-10-6-7-11-23(22)29(34)35/h6-8,10-13,15-18H,3-5,9,14,19H2,1-2H3,(H,30,33)(H,34,35). The Morgan fingerprint density at radius 1 is 0.943 bits per heavy atom. The van der Waals surface area contributed by atoms with Gasteiger partial charge < -0.3 is 15.0 Å². The Balaban J connectivity index is 1.67. The zero-order valence-corrected chi connectivity index (χ0v) is 20.3. The molecule has 0 radical (unpaired) electrons. The van der Waals surface area contributed by atoms with E-state index in [1.54, 1.807) is 12.1 Å². The first kappa shape index (κ1) is 24.2. The van der Waals surface area contributed by atoms with Gasteiger partial charge in [-0.1, -0.05) is 68.8 Å².